The summed E-state index contributed by atoms with van der Waals surface area (Å²) >= 11 is 0. The normalized spacial score (nSPS) is 20.8. The SMILES string of the molecule is O=C1CCCN1[C@H]1CCCN(Cc2cccc(OCc3ccccn3)c2)C1. The van der Waals surface area contributed by atoms with Gasteiger partial charge in [-0.2, -0.15) is 0 Å². The fourth-order valence-corrected chi connectivity index (χ4v) is 4.12. The molecule has 2 fully saturated rings. The molecule has 1 aromatic carbocycles. The van der Waals surface area contributed by atoms with Gasteiger partial charge in [-0.3, -0.25) is 14.7 Å². The lowest BCUT2D eigenvalue weighted by molar-refractivity contribution is -0.130. The molecule has 2 aliphatic rings. The van der Waals surface area contributed by atoms with Crippen molar-refractivity contribution in [1.29, 1.82) is 0 Å². The van der Waals surface area contributed by atoms with Crippen LogP contribution in [0.1, 0.15) is 36.9 Å². The first kappa shape index (κ1) is 18.0. The first-order valence-electron chi connectivity index (χ1n) is 9.91. The Labute approximate surface area is 161 Å². The third kappa shape index (κ3) is 4.66. The van der Waals surface area contributed by atoms with E-state index in [-0.39, 0.29) is 0 Å². The van der Waals surface area contributed by atoms with Crippen LogP contribution in [-0.2, 0) is 17.9 Å². The van der Waals surface area contributed by atoms with Gasteiger partial charge in [-0.05, 0) is 55.6 Å². The van der Waals surface area contributed by atoms with E-state index >= 15 is 0 Å². The molecule has 0 spiro atoms. The Morgan fingerprint density at radius 3 is 2.89 bits per heavy atom. The van der Waals surface area contributed by atoms with Gasteiger partial charge < -0.3 is 9.64 Å². The Morgan fingerprint density at radius 2 is 2.07 bits per heavy atom. The van der Waals surface area contributed by atoms with Crippen molar-refractivity contribution >= 4 is 5.91 Å². The van der Waals surface area contributed by atoms with E-state index < -0.39 is 0 Å². The highest BCUT2D eigenvalue weighted by molar-refractivity contribution is 5.78. The molecule has 2 saturated heterocycles. The van der Waals surface area contributed by atoms with E-state index in [1.165, 1.54) is 5.56 Å². The van der Waals surface area contributed by atoms with Crippen LogP contribution in [0.2, 0.25) is 0 Å². The molecule has 1 aromatic heterocycles. The van der Waals surface area contributed by atoms with Gasteiger partial charge in [0, 0.05) is 38.3 Å². The Hall–Kier alpha value is -2.40. The lowest BCUT2D eigenvalue weighted by Crippen LogP contribution is -2.48. The second-order valence-corrected chi connectivity index (χ2v) is 7.48. The zero-order valence-corrected chi connectivity index (χ0v) is 15.7. The number of rotatable bonds is 6. The van der Waals surface area contributed by atoms with Crippen molar-refractivity contribution in [3.63, 3.8) is 0 Å². The van der Waals surface area contributed by atoms with E-state index in [2.05, 4.69) is 33.0 Å². The standard InChI is InChI=1S/C22H27N3O2/c26-22-10-5-13-25(22)20-8-4-12-24(16-20)15-18-6-3-9-21(14-18)27-17-19-7-1-2-11-23-19/h1-3,6-7,9,11,14,20H,4-5,8,10,12-13,15-17H2/t20-/m0/s1. The van der Waals surface area contributed by atoms with Crippen molar-refractivity contribution in [2.24, 2.45) is 0 Å². The van der Waals surface area contributed by atoms with E-state index in [4.69, 9.17) is 4.74 Å². The first-order chi connectivity index (χ1) is 13.3. The molecule has 0 radical (unpaired) electrons. The zero-order valence-electron chi connectivity index (χ0n) is 15.7. The van der Waals surface area contributed by atoms with Crippen LogP contribution in [-0.4, -0.2) is 46.4 Å². The van der Waals surface area contributed by atoms with E-state index in [0.717, 1.165) is 63.3 Å². The molecule has 0 N–H and O–H groups in total. The summed E-state index contributed by atoms with van der Waals surface area (Å²) in [6.07, 6.45) is 5.82. The predicted octanol–water partition coefficient (Wildman–Crippen LogP) is 3.25. The highest BCUT2D eigenvalue weighted by atomic mass is 16.5. The number of piperidine rings is 1. The van der Waals surface area contributed by atoms with Crippen LogP contribution in [0, 0.1) is 0 Å². The number of aromatic nitrogens is 1. The lowest BCUT2D eigenvalue weighted by atomic mass is 10.0. The van der Waals surface area contributed by atoms with Crippen molar-refractivity contribution in [2.45, 2.75) is 44.9 Å². The number of hydrogen-bond acceptors (Lipinski definition) is 4. The van der Waals surface area contributed by atoms with Crippen LogP contribution in [0.15, 0.2) is 48.7 Å². The molecule has 0 unspecified atom stereocenters. The maximum absolute atomic E-state index is 12.1. The first-order valence-corrected chi connectivity index (χ1v) is 9.91. The summed E-state index contributed by atoms with van der Waals surface area (Å²) in [6.45, 7) is 4.39. The Balaban J connectivity index is 1.34. The molecule has 0 saturated carbocycles. The van der Waals surface area contributed by atoms with Crippen molar-refractivity contribution in [3.05, 3.63) is 59.9 Å². The molecule has 4 rings (SSSR count). The number of carbonyl (C=O) groups is 1. The maximum Gasteiger partial charge on any atom is 0.222 e. The summed E-state index contributed by atoms with van der Waals surface area (Å²) in [5.74, 6) is 1.22. The summed E-state index contributed by atoms with van der Waals surface area (Å²) in [7, 11) is 0. The fourth-order valence-electron chi connectivity index (χ4n) is 4.12. The van der Waals surface area contributed by atoms with Crippen LogP contribution in [0.3, 0.4) is 0 Å². The van der Waals surface area contributed by atoms with Gasteiger partial charge in [0.15, 0.2) is 0 Å². The minimum absolute atomic E-state index is 0.340. The number of nitrogens with zero attached hydrogens (tertiary/aromatic N) is 3. The second-order valence-electron chi connectivity index (χ2n) is 7.48. The van der Waals surface area contributed by atoms with Crippen molar-refractivity contribution in [3.8, 4) is 5.75 Å². The molecule has 1 amide bonds. The molecule has 27 heavy (non-hydrogen) atoms. The number of likely N-dealkylation sites (tertiary alicyclic amines) is 2. The highest BCUT2D eigenvalue weighted by Gasteiger charge is 2.31. The number of ether oxygens (including phenoxy) is 1. The third-order valence-corrected chi connectivity index (χ3v) is 5.45. The van der Waals surface area contributed by atoms with Gasteiger partial charge in [0.1, 0.15) is 12.4 Å². The topological polar surface area (TPSA) is 45.7 Å². The Kier molecular flexibility index (Phi) is 5.68. The fraction of sp³-hybridized carbons (Fsp3) is 0.455. The summed E-state index contributed by atoms with van der Waals surface area (Å²) in [5.41, 5.74) is 2.18. The number of hydrogen-bond donors (Lipinski definition) is 0. The largest absolute Gasteiger partial charge is 0.487 e. The summed E-state index contributed by atoms with van der Waals surface area (Å²) in [6, 6.07) is 14.6. The van der Waals surface area contributed by atoms with E-state index in [0.29, 0.717) is 18.6 Å². The third-order valence-electron chi connectivity index (χ3n) is 5.45. The zero-order chi connectivity index (χ0) is 18.5. The molecule has 5 nitrogen and oxygen atoms in total. The van der Waals surface area contributed by atoms with Crippen molar-refractivity contribution < 1.29 is 9.53 Å². The van der Waals surface area contributed by atoms with E-state index in [9.17, 15) is 4.79 Å². The highest BCUT2D eigenvalue weighted by Crippen LogP contribution is 2.23. The van der Waals surface area contributed by atoms with Gasteiger partial charge in [-0.15, -0.1) is 0 Å². The number of amides is 1. The van der Waals surface area contributed by atoms with Gasteiger partial charge in [0.05, 0.1) is 5.69 Å². The molecule has 2 aromatic rings. The molecule has 0 aliphatic carbocycles. The average Bonchev–Trinajstić information content (AvgIpc) is 3.14. The van der Waals surface area contributed by atoms with Gasteiger partial charge >= 0.3 is 0 Å². The average molecular weight is 365 g/mol. The molecule has 0 bridgehead atoms. The van der Waals surface area contributed by atoms with Crippen LogP contribution < -0.4 is 4.74 Å². The lowest BCUT2D eigenvalue weighted by Gasteiger charge is -2.37. The molecule has 142 valence electrons. The van der Waals surface area contributed by atoms with Crippen LogP contribution in [0.5, 0.6) is 5.75 Å². The van der Waals surface area contributed by atoms with Gasteiger partial charge in [0.25, 0.3) is 0 Å². The van der Waals surface area contributed by atoms with Crippen molar-refractivity contribution in [2.75, 3.05) is 19.6 Å². The molecule has 3 heterocycles. The number of pyridine rings is 1. The van der Waals surface area contributed by atoms with Gasteiger partial charge in [-0.25, -0.2) is 0 Å². The monoisotopic (exact) mass is 365 g/mol. The molecule has 5 heteroatoms. The van der Waals surface area contributed by atoms with Gasteiger partial charge in [-0.1, -0.05) is 18.2 Å². The predicted molar refractivity (Wildman–Crippen MR) is 104 cm³/mol. The van der Waals surface area contributed by atoms with E-state index in [1.807, 2.05) is 24.3 Å². The summed E-state index contributed by atoms with van der Waals surface area (Å²) in [5, 5.41) is 0. The summed E-state index contributed by atoms with van der Waals surface area (Å²) < 4.78 is 5.90. The smallest absolute Gasteiger partial charge is 0.222 e. The Morgan fingerprint density at radius 1 is 1.11 bits per heavy atom. The molecule has 1 atom stereocenters. The second kappa shape index (κ2) is 8.53. The quantitative estimate of drug-likeness (QED) is 0.788. The minimum Gasteiger partial charge on any atom is -0.487 e. The van der Waals surface area contributed by atoms with Gasteiger partial charge in [0.2, 0.25) is 5.91 Å². The van der Waals surface area contributed by atoms with Crippen LogP contribution in [0.4, 0.5) is 0 Å². The molecular formula is C22H27N3O2. The number of carbonyl (C=O) groups excluding carboxylic acids is 1. The maximum atomic E-state index is 12.1. The van der Waals surface area contributed by atoms with Crippen LogP contribution >= 0.6 is 0 Å². The summed E-state index contributed by atoms with van der Waals surface area (Å²) in [4.78, 5) is 20.9. The molecular weight excluding hydrogens is 338 g/mol. The molecule has 2 aliphatic heterocycles. The van der Waals surface area contributed by atoms with Crippen LogP contribution in [0.25, 0.3) is 0 Å². The minimum atomic E-state index is 0.340. The van der Waals surface area contributed by atoms with E-state index in [1.54, 1.807) is 6.20 Å². The van der Waals surface area contributed by atoms with Crippen molar-refractivity contribution in [1.82, 2.24) is 14.8 Å². The number of benzene rings is 1. The Bertz CT molecular complexity index is 765.